The van der Waals surface area contributed by atoms with Crippen molar-refractivity contribution >= 4 is 11.9 Å². The molecule has 0 aliphatic carbocycles. The average Bonchev–Trinajstić information content (AvgIpc) is 2.34. The summed E-state index contributed by atoms with van der Waals surface area (Å²) in [5.41, 5.74) is 0.801. The first-order chi connectivity index (χ1) is 9.54. The number of carbonyl (C=O) groups is 2. The van der Waals surface area contributed by atoms with Gasteiger partial charge in [-0.3, -0.25) is 4.79 Å². The molecule has 1 aromatic rings. The third-order valence-corrected chi connectivity index (χ3v) is 2.99. The minimum absolute atomic E-state index is 0.130. The molecule has 0 radical (unpaired) electrons. The van der Waals surface area contributed by atoms with Crippen LogP contribution in [0.2, 0.25) is 0 Å². The lowest BCUT2D eigenvalue weighted by Gasteiger charge is -2.33. The van der Waals surface area contributed by atoms with E-state index < -0.39 is 5.97 Å². The first kappa shape index (κ1) is 17.2. The quantitative estimate of drug-likeness (QED) is 0.865. The molecular formula is C17H25NO3. The Balaban J connectivity index is 2.78. The fourth-order valence-corrected chi connectivity index (χ4v) is 2.63. The van der Waals surface area contributed by atoms with Crippen molar-refractivity contribution in [1.29, 1.82) is 0 Å². The maximum absolute atomic E-state index is 12.3. The van der Waals surface area contributed by atoms with Crippen LogP contribution >= 0.6 is 0 Å². The van der Waals surface area contributed by atoms with Gasteiger partial charge >= 0.3 is 5.97 Å². The molecule has 1 N–H and O–H groups in total. The minimum Gasteiger partial charge on any atom is -0.465 e. The zero-order valence-corrected chi connectivity index (χ0v) is 13.7. The Hall–Kier alpha value is -1.84. The van der Waals surface area contributed by atoms with E-state index >= 15 is 0 Å². The highest BCUT2D eigenvalue weighted by Gasteiger charge is 2.27. The van der Waals surface area contributed by atoms with Crippen LogP contribution in [0, 0.1) is 5.41 Å². The molecule has 0 fully saturated rings. The molecule has 0 aromatic heterocycles. The van der Waals surface area contributed by atoms with Crippen LogP contribution in [0.4, 0.5) is 0 Å². The second-order valence-corrected chi connectivity index (χ2v) is 7.14. The average molecular weight is 291 g/mol. The summed E-state index contributed by atoms with van der Waals surface area (Å²) in [4.78, 5) is 23.6. The second-order valence-electron chi connectivity index (χ2n) is 7.14. The van der Waals surface area contributed by atoms with E-state index in [1.807, 2.05) is 13.8 Å². The lowest BCUT2D eigenvalue weighted by molar-refractivity contribution is 0.0600. The number of hydrogen-bond donors (Lipinski definition) is 1. The van der Waals surface area contributed by atoms with Crippen molar-refractivity contribution in [1.82, 2.24) is 5.32 Å². The van der Waals surface area contributed by atoms with Crippen molar-refractivity contribution in [2.75, 3.05) is 7.11 Å². The summed E-state index contributed by atoms with van der Waals surface area (Å²) in [5.74, 6) is -0.546. The summed E-state index contributed by atoms with van der Waals surface area (Å²) in [6, 6.07) is 6.46. The standard InChI is InChI=1S/C17H25NO3/c1-16(2,3)11-17(4,5)18-14(19)12-7-9-13(10-8-12)15(20)21-6/h7-10H,11H2,1-6H3,(H,18,19). The van der Waals surface area contributed by atoms with E-state index in [9.17, 15) is 9.59 Å². The summed E-state index contributed by atoms with van der Waals surface area (Å²) in [5, 5.41) is 3.04. The van der Waals surface area contributed by atoms with Crippen LogP contribution in [0.15, 0.2) is 24.3 Å². The van der Waals surface area contributed by atoms with Gasteiger partial charge in [-0.2, -0.15) is 0 Å². The summed E-state index contributed by atoms with van der Waals surface area (Å²) in [6.45, 7) is 10.5. The van der Waals surface area contributed by atoms with Crippen LogP contribution in [0.25, 0.3) is 0 Å². The zero-order chi connectivity index (χ0) is 16.3. The number of methoxy groups -OCH3 is 1. The van der Waals surface area contributed by atoms with Gasteiger partial charge in [-0.1, -0.05) is 20.8 Å². The Morgan fingerprint density at radius 2 is 1.48 bits per heavy atom. The zero-order valence-electron chi connectivity index (χ0n) is 13.7. The van der Waals surface area contributed by atoms with E-state index in [0.717, 1.165) is 6.42 Å². The van der Waals surface area contributed by atoms with Crippen LogP contribution in [0.3, 0.4) is 0 Å². The van der Waals surface area contributed by atoms with Gasteiger partial charge < -0.3 is 10.1 Å². The number of ether oxygens (including phenoxy) is 1. The van der Waals surface area contributed by atoms with Gasteiger partial charge in [0.05, 0.1) is 12.7 Å². The van der Waals surface area contributed by atoms with Crippen molar-refractivity contribution in [3.8, 4) is 0 Å². The fourth-order valence-electron chi connectivity index (χ4n) is 2.63. The predicted octanol–water partition coefficient (Wildman–Crippen LogP) is 3.42. The highest BCUT2D eigenvalue weighted by molar-refractivity contribution is 5.96. The van der Waals surface area contributed by atoms with E-state index in [1.54, 1.807) is 24.3 Å². The Morgan fingerprint density at radius 3 is 1.90 bits per heavy atom. The fraction of sp³-hybridized carbons (Fsp3) is 0.529. The van der Waals surface area contributed by atoms with Gasteiger partial charge in [0.15, 0.2) is 0 Å². The molecule has 0 unspecified atom stereocenters. The monoisotopic (exact) mass is 291 g/mol. The van der Waals surface area contributed by atoms with Gasteiger partial charge in [0, 0.05) is 11.1 Å². The smallest absolute Gasteiger partial charge is 0.337 e. The summed E-state index contributed by atoms with van der Waals surface area (Å²) < 4.78 is 4.63. The van der Waals surface area contributed by atoms with Gasteiger partial charge in [-0.25, -0.2) is 4.79 Å². The van der Waals surface area contributed by atoms with Gasteiger partial charge in [-0.05, 0) is 49.9 Å². The Morgan fingerprint density at radius 1 is 1.00 bits per heavy atom. The molecule has 116 valence electrons. The lowest BCUT2D eigenvalue weighted by Crippen LogP contribution is -2.45. The van der Waals surface area contributed by atoms with E-state index in [-0.39, 0.29) is 16.9 Å². The maximum atomic E-state index is 12.3. The molecule has 1 aromatic carbocycles. The molecule has 4 nitrogen and oxygen atoms in total. The first-order valence-corrected chi connectivity index (χ1v) is 7.05. The maximum Gasteiger partial charge on any atom is 0.337 e. The van der Waals surface area contributed by atoms with Crippen molar-refractivity contribution in [3.63, 3.8) is 0 Å². The molecule has 0 saturated carbocycles. The molecule has 0 atom stereocenters. The third-order valence-electron chi connectivity index (χ3n) is 2.99. The molecule has 4 heteroatoms. The van der Waals surface area contributed by atoms with Gasteiger partial charge in [0.2, 0.25) is 0 Å². The Bertz CT molecular complexity index is 510. The summed E-state index contributed by atoms with van der Waals surface area (Å²) in [7, 11) is 1.33. The molecule has 1 amide bonds. The topological polar surface area (TPSA) is 55.4 Å². The van der Waals surface area contributed by atoms with E-state index in [2.05, 4.69) is 30.8 Å². The number of esters is 1. The van der Waals surface area contributed by atoms with E-state index in [1.165, 1.54) is 7.11 Å². The predicted molar refractivity (Wildman–Crippen MR) is 83.4 cm³/mol. The Kier molecular flexibility index (Phi) is 5.15. The molecular weight excluding hydrogens is 266 g/mol. The molecule has 0 saturated heterocycles. The molecule has 1 rings (SSSR count). The molecule has 21 heavy (non-hydrogen) atoms. The van der Waals surface area contributed by atoms with E-state index in [4.69, 9.17) is 0 Å². The summed E-state index contributed by atoms with van der Waals surface area (Å²) >= 11 is 0. The van der Waals surface area contributed by atoms with Gasteiger partial charge in [0.25, 0.3) is 5.91 Å². The summed E-state index contributed by atoms with van der Waals surface area (Å²) in [6.07, 6.45) is 0.867. The molecule has 0 aliphatic heterocycles. The number of nitrogens with one attached hydrogen (secondary N) is 1. The molecule has 0 aliphatic rings. The minimum atomic E-state index is -0.407. The highest BCUT2D eigenvalue weighted by atomic mass is 16.5. The normalized spacial score (nSPS) is 11.9. The number of rotatable bonds is 4. The van der Waals surface area contributed by atoms with Crippen molar-refractivity contribution in [3.05, 3.63) is 35.4 Å². The highest BCUT2D eigenvalue weighted by Crippen LogP contribution is 2.27. The molecule has 0 spiro atoms. The van der Waals surface area contributed by atoms with Crippen LogP contribution < -0.4 is 5.32 Å². The Labute approximate surface area is 126 Å². The number of carbonyl (C=O) groups excluding carboxylic acids is 2. The van der Waals surface area contributed by atoms with Crippen LogP contribution in [-0.4, -0.2) is 24.5 Å². The SMILES string of the molecule is COC(=O)c1ccc(C(=O)NC(C)(C)CC(C)(C)C)cc1. The van der Waals surface area contributed by atoms with Crippen molar-refractivity contribution in [2.45, 2.75) is 46.6 Å². The van der Waals surface area contributed by atoms with Crippen LogP contribution in [0.5, 0.6) is 0 Å². The largest absolute Gasteiger partial charge is 0.465 e. The third kappa shape index (κ3) is 5.58. The van der Waals surface area contributed by atoms with Crippen LogP contribution in [-0.2, 0) is 4.74 Å². The first-order valence-electron chi connectivity index (χ1n) is 7.05. The second kappa shape index (κ2) is 6.29. The van der Waals surface area contributed by atoms with Crippen LogP contribution in [0.1, 0.15) is 61.8 Å². The van der Waals surface area contributed by atoms with Gasteiger partial charge in [0.1, 0.15) is 0 Å². The molecule has 0 bridgehead atoms. The number of hydrogen-bond acceptors (Lipinski definition) is 3. The molecule has 0 heterocycles. The van der Waals surface area contributed by atoms with Crippen molar-refractivity contribution in [2.24, 2.45) is 5.41 Å². The van der Waals surface area contributed by atoms with E-state index in [0.29, 0.717) is 11.1 Å². The van der Waals surface area contributed by atoms with Crippen molar-refractivity contribution < 1.29 is 14.3 Å². The number of benzene rings is 1. The van der Waals surface area contributed by atoms with Gasteiger partial charge in [-0.15, -0.1) is 0 Å². The lowest BCUT2D eigenvalue weighted by atomic mass is 9.81. The number of amides is 1.